The smallest absolute Gasteiger partial charge is 0.312 e. The van der Waals surface area contributed by atoms with Crippen molar-refractivity contribution in [3.63, 3.8) is 0 Å². The molecule has 3 fully saturated rings. The molecule has 3 saturated heterocycles. The van der Waals surface area contributed by atoms with Gasteiger partial charge in [0, 0.05) is 26.1 Å². The zero-order valence-electron chi connectivity index (χ0n) is 17.9. The molecule has 0 aromatic carbocycles. The highest BCUT2D eigenvalue weighted by Gasteiger charge is 2.51. The van der Waals surface area contributed by atoms with Crippen molar-refractivity contribution in [1.29, 1.82) is 0 Å². The van der Waals surface area contributed by atoms with Crippen LogP contribution in [0.1, 0.15) is 54.3 Å². The molecule has 1 aromatic rings. The van der Waals surface area contributed by atoms with Crippen molar-refractivity contribution < 1.29 is 29.0 Å². The number of hydrogen-bond acceptors (Lipinski definition) is 7. The van der Waals surface area contributed by atoms with Crippen molar-refractivity contribution in [3.8, 4) is 0 Å². The molecule has 0 aliphatic carbocycles. The van der Waals surface area contributed by atoms with Crippen molar-refractivity contribution in [2.75, 3.05) is 32.7 Å². The lowest BCUT2D eigenvalue weighted by molar-refractivity contribution is -0.152. The first-order valence-electron chi connectivity index (χ1n) is 10.7. The molecule has 1 N–H and O–H groups in total. The molecule has 4 rings (SSSR count). The van der Waals surface area contributed by atoms with E-state index in [4.69, 9.17) is 14.6 Å². The van der Waals surface area contributed by atoms with Crippen LogP contribution < -0.4 is 0 Å². The van der Waals surface area contributed by atoms with Gasteiger partial charge in [0.05, 0.1) is 16.7 Å². The number of likely N-dealkylation sites (tertiary alicyclic amines) is 2. The Labute approximate surface area is 186 Å². The number of Topliss-reactive ketones (excluding diaryl/α,β-unsaturated/α-hetero) is 1. The van der Waals surface area contributed by atoms with E-state index in [1.165, 1.54) is 24.2 Å². The van der Waals surface area contributed by atoms with Crippen LogP contribution in [-0.4, -0.2) is 77.9 Å². The second-order valence-electron chi connectivity index (χ2n) is 8.56. The van der Waals surface area contributed by atoms with Crippen LogP contribution >= 0.6 is 11.3 Å². The van der Waals surface area contributed by atoms with Gasteiger partial charge in [-0.15, -0.1) is 11.3 Å². The van der Waals surface area contributed by atoms with E-state index in [-0.39, 0.29) is 30.2 Å². The molecule has 4 heterocycles. The number of nitrogens with zero attached hydrogens (tertiary/aromatic N) is 2. The van der Waals surface area contributed by atoms with Crippen LogP contribution in [0.5, 0.6) is 0 Å². The average Bonchev–Trinajstić information content (AvgIpc) is 3.46. The van der Waals surface area contributed by atoms with Gasteiger partial charge < -0.3 is 14.7 Å². The number of esters is 1. The number of carbonyl (C=O) groups is 4. The number of hydrogen-bond donors (Lipinski definition) is 1. The molecule has 3 aliphatic heterocycles. The van der Waals surface area contributed by atoms with E-state index in [2.05, 4.69) is 4.90 Å². The maximum atomic E-state index is 12.6. The predicted molar refractivity (Wildman–Crippen MR) is 115 cm³/mol. The Morgan fingerprint density at radius 3 is 2.48 bits per heavy atom. The largest absolute Gasteiger partial charge is 0.483 e. The van der Waals surface area contributed by atoms with Crippen LogP contribution in [0.3, 0.4) is 0 Å². The van der Waals surface area contributed by atoms with Gasteiger partial charge in [-0.2, -0.15) is 0 Å². The minimum Gasteiger partial charge on any atom is -0.483 e. The molecule has 1 aromatic heterocycles. The fourth-order valence-corrected chi connectivity index (χ4v) is 5.54. The van der Waals surface area contributed by atoms with Crippen molar-refractivity contribution in [1.82, 2.24) is 9.80 Å². The second-order valence-corrected chi connectivity index (χ2v) is 9.47. The van der Waals surface area contributed by atoms with Gasteiger partial charge in [-0.1, -0.05) is 0 Å². The molecule has 9 heteroatoms. The highest BCUT2D eigenvalue weighted by Crippen LogP contribution is 2.43. The molecule has 1 unspecified atom stereocenters. The minimum atomic E-state index is -0.397. The number of rotatable bonds is 5. The monoisotopic (exact) mass is 450 g/mol. The van der Waals surface area contributed by atoms with E-state index >= 15 is 0 Å². The molecule has 170 valence electrons. The normalized spacial score (nSPS) is 22.7. The first kappa shape index (κ1) is 23.4. The Hall–Kier alpha value is -2.26. The summed E-state index contributed by atoms with van der Waals surface area (Å²) in [7, 11) is 0. The number of carboxylic acid groups (broad SMARTS) is 1. The molecule has 0 saturated carbocycles. The summed E-state index contributed by atoms with van der Waals surface area (Å²) in [5.41, 5.74) is 0.497. The molecule has 0 bridgehead atoms. The molecule has 0 radical (unpaired) electrons. The quantitative estimate of drug-likeness (QED) is 0.417. The van der Waals surface area contributed by atoms with Gasteiger partial charge in [0.15, 0.2) is 5.78 Å². The lowest BCUT2D eigenvalue weighted by Crippen LogP contribution is -2.45. The maximum Gasteiger partial charge on any atom is 0.312 e. The molecule has 8 nitrogen and oxygen atoms in total. The number of piperidine rings is 1. The van der Waals surface area contributed by atoms with E-state index in [1.807, 2.05) is 16.3 Å². The Balaban J connectivity index is 0.000000858. The Bertz CT molecular complexity index is 809. The van der Waals surface area contributed by atoms with E-state index in [0.717, 1.165) is 31.6 Å². The van der Waals surface area contributed by atoms with Gasteiger partial charge in [-0.3, -0.25) is 24.1 Å². The Morgan fingerprint density at radius 2 is 1.90 bits per heavy atom. The van der Waals surface area contributed by atoms with Crippen LogP contribution in [0.2, 0.25) is 0 Å². The molecular weight excluding hydrogens is 420 g/mol. The summed E-state index contributed by atoms with van der Waals surface area (Å²) < 4.78 is 5.72. The molecule has 31 heavy (non-hydrogen) atoms. The van der Waals surface area contributed by atoms with Crippen LogP contribution in [0.4, 0.5) is 0 Å². The van der Waals surface area contributed by atoms with Crippen molar-refractivity contribution >= 4 is 35.5 Å². The number of carbonyl (C=O) groups excluding carboxylic acids is 3. The highest BCUT2D eigenvalue weighted by atomic mass is 32.1. The lowest BCUT2D eigenvalue weighted by Gasteiger charge is -2.36. The third kappa shape index (κ3) is 5.71. The zero-order valence-corrected chi connectivity index (χ0v) is 18.7. The van der Waals surface area contributed by atoms with Gasteiger partial charge in [-0.25, -0.2) is 0 Å². The molecule has 1 atom stereocenters. The van der Waals surface area contributed by atoms with Gasteiger partial charge in [0.25, 0.3) is 6.47 Å². The first-order valence-corrected chi connectivity index (χ1v) is 11.6. The number of thiophene rings is 1. The van der Waals surface area contributed by atoms with Gasteiger partial charge in [0.1, 0.15) is 6.10 Å². The van der Waals surface area contributed by atoms with Crippen LogP contribution in [-0.2, 0) is 25.5 Å². The van der Waals surface area contributed by atoms with Crippen LogP contribution in [0, 0.1) is 5.41 Å². The summed E-state index contributed by atoms with van der Waals surface area (Å²) in [4.78, 5) is 50.0. The summed E-state index contributed by atoms with van der Waals surface area (Å²) in [5.74, 6) is 0.0438. The summed E-state index contributed by atoms with van der Waals surface area (Å²) in [6.45, 7) is 5.57. The van der Waals surface area contributed by atoms with E-state index in [0.29, 0.717) is 37.2 Å². The minimum absolute atomic E-state index is 0.00339. The summed E-state index contributed by atoms with van der Waals surface area (Å²) in [5, 5.41) is 8.78. The van der Waals surface area contributed by atoms with Crippen LogP contribution in [0.15, 0.2) is 11.4 Å². The van der Waals surface area contributed by atoms with Gasteiger partial charge >= 0.3 is 5.97 Å². The van der Waals surface area contributed by atoms with E-state index < -0.39 is 5.41 Å². The molecular formula is C22H30N2O6S. The molecule has 3 aliphatic rings. The third-order valence-corrected chi connectivity index (χ3v) is 7.49. The maximum absolute atomic E-state index is 12.6. The first-order chi connectivity index (χ1) is 14.9. The standard InChI is InChI=1S/C21H28N2O4S.CH2O2/c1-15(24)18-10-16(14-28-18)11-19(25)23-8-4-21(5-9-23)12-17(27-20(21)26)13-22-6-2-3-7-22;2-1-3/h10,14,17H,2-9,11-13H2,1H3;1H,(H,2,3). The molecule has 1 amide bonds. The van der Waals surface area contributed by atoms with Crippen LogP contribution in [0.25, 0.3) is 0 Å². The number of cyclic esters (lactones) is 1. The van der Waals surface area contributed by atoms with Gasteiger partial charge in [-0.05, 0) is 62.7 Å². The molecule has 1 spiro atoms. The topological polar surface area (TPSA) is 104 Å². The van der Waals surface area contributed by atoms with Crippen molar-refractivity contribution in [3.05, 3.63) is 21.9 Å². The number of ketones is 1. The fourth-order valence-electron chi connectivity index (χ4n) is 4.72. The van der Waals surface area contributed by atoms with Crippen molar-refractivity contribution in [2.24, 2.45) is 5.41 Å². The second kappa shape index (κ2) is 10.4. The van der Waals surface area contributed by atoms with E-state index in [9.17, 15) is 14.4 Å². The number of amides is 1. The van der Waals surface area contributed by atoms with Gasteiger partial charge in [0.2, 0.25) is 5.91 Å². The zero-order chi connectivity index (χ0) is 22.4. The summed E-state index contributed by atoms with van der Waals surface area (Å²) in [6.07, 6.45) is 4.97. The van der Waals surface area contributed by atoms with Crippen molar-refractivity contribution in [2.45, 2.75) is 51.6 Å². The average molecular weight is 451 g/mol. The summed E-state index contributed by atoms with van der Waals surface area (Å²) in [6, 6.07) is 1.81. The highest BCUT2D eigenvalue weighted by molar-refractivity contribution is 7.12. The third-order valence-electron chi connectivity index (χ3n) is 6.41. The SMILES string of the molecule is CC(=O)c1cc(CC(=O)N2CCC3(CC2)CC(CN2CCCC2)OC3=O)cs1.O=CO. The Kier molecular flexibility index (Phi) is 7.83. The fraction of sp³-hybridized carbons (Fsp3) is 0.636. The predicted octanol–water partition coefficient (Wildman–Crippen LogP) is 2.21. The van der Waals surface area contributed by atoms with E-state index in [1.54, 1.807) is 6.92 Å². The Morgan fingerprint density at radius 1 is 1.26 bits per heavy atom. The summed E-state index contributed by atoms with van der Waals surface area (Å²) >= 11 is 1.39. The lowest BCUT2D eigenvalue weighted by atomic mass is 9.76. The number of ether oxygens (including phenoxy) is 1.